The van der Waals surface area contributed by atoms with Crippen molar-refractivity contribution in [2.45, 2.75) is 0 Å². The molecule has 0 aliphatic rings. The van der Waals surface area contributed by atoms with Gasteiger partial charge in [0.15, 0.2) is 6.29 Å². The first kappa shape index (κ1) is 35.0. The number of carboxylic acid groups (broad SMARTS) is 4. The van der Waals surface area contributed by atoms with Crippen LogP contribution in [0.4, 0.5) is 5.69 Å². The summed E-state index contributed by atoms with van der Waals surface area (Å²) in [5, 5.41) is 35.8. The summed E-state index contributed by atoms with van der Waals surface area (Å²) in [5.74, 6) is -3.94. The summed E-state index contributed by atoms with van der Waals surface area (Å²) >= 11 is 0. The highest BCUT2D eigenvalue weighted by Crippen LogP contribution is 2.32. The van der Waals surface area contributed by atoms with Gasteiger partial charge in [0.05, 0.1) is 22.3 Å². The molecule has 0 heterocycles. The van der Waals surface area contributed by atoms with Crippen LogP contribution in [0.3, 0.4) is 0 Å². The lowest BCUT2D eigenvalue weighted by molar-refractivity contribution is 0.0686. The summed E-state index contributed by atoms with van der Waals surface area (Å²) in [5.41, 5.74) is 14.4. The van der Waals surface area contributed by atoms with Gasteiger partial charge in [-0.25, -0.2) is 19.2 Å². The third-order valence-corrected chi connectivity index (χ3v) is 8.05. The molecule has 0 radical (unpaired) electrons. The molecule has 10 heteroatoms. The molecule has 0 aromatic heterocycles. The first-order valence-electron chi connectivity index (χ1n) is 15.3. The molecule has 0 unspecified atom stereocenters. The fraction of sp³-hybridized carbons (Fsp3) is 0. The second-order valence-electron chi connectivity index (χ2n) is 11.3. The zero-order valence-electron chi connectivity index (χ0n) is 26.7. The topological polar surface area (TPSA) is 192 Å². The summed E-state index contributed by atoms with van der Waals surface area (Å²) in [6, 6.07) is 36.7. The summed E-state index contributed by atoms with van der Waals surface area (Å²) in [6.45, 7) is 0. The molecule has 6 aromatic carbocycles. The smallest absolute Gasteiger partial charge is 0.335 e. The average Bonchev–Trinajstić information content (AvgIpc) is 3.15. The van der Waals surface area contributed by atoms with Gasteiger partial charge < -0.3 is 26.2 Å². The van der Waals surface area contributed by atoms with Crippen LogP contribution in [0.1, 0.15) is 51.8 Å². The average molecular weight is 680 g/mol. The maximum atomic E-state index is 11.5. The third kappa shape index (κ3) is 8.22. The Bertz CT molecular complexity index is 2260. The summed E-state index contributed by atoms with van der Waals surface area (Å²) in [7, 11) is 0. The van der Waals surface area contributed by atoms with Gasteiger partial charge in [-0.3, -0.25) is 4.79 Å². The van der Waals surface area contributed by atoms with E-state index >= 15 is 0 Å². The molecule has 6 aromatic rings. The minimum absolute atomic E-state index is 0.177. The second kappa shape index (κ2) is 15.3. The zero-order valence-corrected chi connectivity index (χ0v) is 26.7. The summed E-state index contributed by atoms with van der Waals surface area (Å²) in [6.07, 6.45) is 0.746. The number of aldehydes is 1. The molecule has 0 amide bonds. The lowest BCUT2D eigenvalue weighted by atomic mass is 9.94. The second-order valence-corrected chi connectivity index (χ2v) is 11.3. The predicted molar refractivity (Wildman–Crippen MR) is 192 cm³/mol. The molecule has 6 N–H and O–H groups in total. The van der Waals surface area contributed by atoms with E-state index in [2.05, 4.69) is 0 Å². The Kier molecular flexibility index (Phi) is 10.5. The van der Waals surface area contributed by atoms with Crippen molar-refractivity contribution < 1.29 is 44.4 Å². The molecule has 6 rings (SSSR count). The lowest BCUT2D eigenvalue weighted by Crippen LogP contribution is -1.96. The molecule has 0 bridgehead atoms. The molecule has 51 heavy (non-hydrogen) atoms. The Morgan fingerprint density at radius 2 is 0.686 bits per heavy atom. The highest BCUT2D eigenvalue weighted by atomic mass is 16.4. The van der Waals surface area contributed by atoms with Crippen molar-refractivity contribution >= 4 is 35.9 Å². The van der Waals surface area contributed by atoms with E-state index in [1.165, 1.54) is 36.4 Å². The molecular formula is C41H29NO9. The highest BCUT2D eigenvalue weighted by molar-refractivity contribution is 5.93. The number of carbonyl (C=O) groups is 5. The van der Waals surface area contributed by atoms with Gasteiger partial charge in [-0.2, -0.15) is 0 Å². The van der Waals surface area contributed by atoms with Crippen LogP contribution < -0.4 is 5.73 Å². The summed E-state index contributed by atoms with van der Waals surface area (Å²) in [4.78, 5) is 55.2. The number of hydrogen-bond acceptors (Lipinski definition) is 6. The molecule has 0 spiro atoms. The van der Waals surface area contributed by atoms with E-state index < -0.39 is 23.9 Å². The van der Waals surface area contributed by atoms with Crippen LogP contribution in [0.25, 0.3) is 44.5 Å². The van der Waals surface area contributed by atoms with Crippen LogP contribution in [0.2, 0.25) is 0 Å². The van der Waals surface area contributed by atoms with Crippen molar-refractivity contribution in [2.24, 2.45) is 0 Å². The van der Waals surface area contributed by atoms with E-state index in [-0.39, 0.29) is 22.3 Å². The van der Waals surface area contributed by atoms with Crippen molar-refractivity contribution in [1.29, 1.82) is 0 Å². The Hall–Kier alpha value is -7.33. The molecule has 0 aliphatic carbocycles. The Morgan fingerprint density at radius 1 is 0.392 bits per heavy atom. The maximum absolute atomic E-state index is 11.5. The first-order chi connectivity index (χ1) is 24.4. The number of hydrogen-bond donors (Lipinski definition) is 5. The number of nitrogen functional groups attached to an aromatic ring is 1. The molecule has 0 atom stereocenters. The van der Waals surface area contributed by atoms with Crippen molar-refractivity contribution in [3.05, 3.63) is 161 Å². The van der Waals surface area contributed by atoms with Crippen LogP contribution in [-0.2, 0) is 0 Å². The number of anilines is 1. The quantitative estimate of drug-likeness (QED) is 0.0734. The van der Waals surface area contributed by atoms with Gasteiger partial charge in [0, 0.05) is 16.8 Å². The number of benzene rings is 6. The first-order valence-corrected chi connectivity index (χ1v) is 15.3. The van der Waals surface area contributed by atoms with Gasteiger partial charge in [0.1, 0.15) is 0 Å². The van der Waals surface area contributed by atoms with Crippen LogP contribution in [0.15, 0.2) is 133 Å². The highest BCUT2D eigenvalue weighted by Gasteiger charge is 2.11. The Balaban J connectivity index is 0.000000198. The number of aromatic carboxylic acids is 4. The lowest BCUT2D eigenvalue weighted by Gasteiger charge is -2.10. The number of carbonyl (C=O) groups excluding carboxylic acids is 1. The minimum atomic E-state index is -1.01. The van der Waals surface area contributed by atoms with Crippen LogP contribution in [-0.4, -0.2) is 50.6 Å². The standard InChI is InChI=1S/C21H14O5.C20H15NO4/c22-12-18-11-17(13-1-5-15(6-2-13)20(23)24)9-10-19(18)14-3-7-16(8-4-14)21(25)26;21-18-11-16(12-1-5-14(6-2-12)19(22)23)9-10-17(18)13-3-7-15(8-4-13)20(24)25/h1-12H,(H,23,24)(H,25,26);1-11H,21H2,(H,22,23)(H,24,25). The molecular weight excluding hydrogens is 650 g/mol. The van der Waals surface area contributed by atoms with Gasteiger partial charge >= 0.3 is 23.9 Å². The fourth-order valence-corrected chi connectivity index (χ4v) is 5.30. The van der Waals surface area contributed by atoms with Gasteiger partial charge in [0.25, 0.3) is 0 Å². The van der Waals surface area contributed by atoms with E-state index in [0.29, 0.717) is 16.8 Å². The van der Waals surface area contributed by atoms with Crippen LogP contribution >= 0.6 is 0 Å². The molecule has 10 nitrogen and oxygen atoms in total. The van der Waals surface area contributed by atoms with Gasteiger partial charge in [-0.15, -0.1) is 0 Å². The minimum Gasteiger partial charge on any atom is -0.478 e. The monoisotopic (exact) mass is 679 g/mol. The zero-order chi connectivity index (χ0) is 36.7. The number of carboxylic acids is 4. The normalized spacial score (nSPS) is 10.4. The molecule has 0 saturated heterocycles. The summed E-state index contributed by atoms with van der Waals surface area (Å²) < 4.78 is 0. The van der Waals surface area contributed by atoms with E-state index in [9.17, 15) is 24.0 Å². The van der Waals surface area contributed by atoms with Crippen LogP contribution in [0, 0.1) is 0 Å². The fourth-order valence-electron chi connectivity index (χ4n) is 5.30. The third-order valence-electron chi connectivity index (χ3n) is 8.05. The van der Waals surface area contributed by atoms with Gasteiger partial charge in [-0.05, 0) is 99.6 Å². The van der Waals surface area contributed by atoms with Crippen molar-refractivity contribution in [3.8, 4) is 44.5 Å². The van der Waals surface area contributed by atoms with Gasteiger partial charge in [0.2, 0.25) is 0 Å². The van der Waals surface area contributed by atoms with E-state index in [1.54, 1.807) is 72.8 Å². The number of rotatable bonds is 9. The van der Waals surface area contributed by atoms with E-state index in [4.69, 9.17) is 26.2 Å². The molecule has 0 aliphatic heterocycles. The predicted octanol–water partition coefficient (Wildman–Crippen LogP) is 8.23. The molecule has 252 valence electrons. The van der Waals surface area contributed by atoms with Crippen molar-refractivity contribution in [3.63, 3.8) is 0 Å². The van der Waals surface area contributed by atoms with Gasteiger partial charge in [-0.1, -0.05) is 72.8 Å². The largest absolute Gasteiger partial charge is 0.478 e. The van der Waals surface area contributed by atoms with Crippen molar-refractivity contribution in [1.82, 2.24) is 0 Å². The Morgan fingerprint density at radius 3 is 1.02 bits per heavy atom. The number of nitrogens with two attached hydrogens (primary N) is 1. The molecule has 0 saturated carbocycles. The van der Waals surface area contributed by atoms with Crippen LogP contribution in [0.5, 0.6) is 0 Å². The van der Waals surface area contributed by atoms with E-state index in [0.717, 1.165) is 45.2 Å². The maximum Gasteiger partial charge on any atom is 0.335 e. The molecule has 0 fully saturated rings. The SMILES string of the molecule is Nc1cc(-c2ccc(C(=O)O)cc2)ccc1-c1ccc(C(=O)O)cc1.O=Cc1cc(-c2ccc(C(=O)O)cc2)ccc1-c1ccc(C(=O)O)cc1. The van der Waals surface area contributed by atoms with Crippen molar-refractivity contribution in [2.75, 3.05) is 5.73 Å². The Labute approximate surface area is 291 Å². The van der Waals surface area contributed by atoms with E-state index in [1.807, 2.05) is 24.3 Å².